The SMILES string of the molecule is CNc1ccc(C(=O)O)cc1CNC(=O)CO. The van der Waals surface area contributed by atoms with Gasteiger partial charge in [-0.1, -0.05) is 0 Å². The molecule has 17 heavy (non-hydrogen) atoms. The van der Waals surface area contributed by atoms with Gasteiger partial charge in [0.15, 0.2) is 0 Å². The van der Waals surface area contributed by atoms with E-state index < -0.39 is 18.5 Å². The van der Waals surface area contributed by atoms with Gasteiger partial charge in [-0.2, -0.15) is 0 Å². The molecule has 1 amide bonds. The van der Waals surface area contributed by atoms with E-state index in [-0.39, 0.29) is 12.1 Å². The van der Waals surface area contributed by atoms with Gasteiger partial charge in [0.2, 0.25) is 5.91 Å². The highest BCUT2D eigenvalue weighted by Crippen LogP contribution is 2.17. The van der Waals surface area contributed by atoms with Gasteiger partial charge in [0.05, 0.1) is 5.56 Å². The number of aliphatic hydroxyl groups excluding tert-OH is 1. The normalized spacial score (nSPS) is 9.76. The van der Waals surface area contributed by atoms with Gasteiger partial charge in [-0.05, 0) is 23.8 Å². The van der Waals surface area contributed by atoms with E-state index in [0.717, 1.165) is 5.69 Å². The molecule has 0 radical (unpaired) electrons. The molecule has 6 nitrogen and oxygen atoms in total. The predicted octanol–water partition coefficient (Wildman–Crippen LogP) is 0.0350. The van der Waals surface area contributed by atoms with Crippen LogP contribution in [0.15, 0.2) is 18.2 Å². The van der Waals surface area contributed by atoms with Crippen LogP contribution in [0.5, 0.6) is 0 Å². The number of rotatable bonds is 5. The zero-order valence-electron chi connectivity index (χ0n) is 9.36. The summed E-state index contributed by atoms with van der Waals surface area (Å²) in [7, 11) is 1.70. The van der Waals surface area contributed by atoms with Crippen LogP contribution in [-0.2, 0) is 11.3 Å². The Labute approximate surface area is 98.3 Å². The van der Waals surface area contributed by atoms with Crippen LogP contribution in [0, 0.1) is 0 Å². The van der Waals surface area contributed by atoms with Crippen LogP contribution in [-0.4, -0.2) is 35.7 Å². The molecule has 92 valence electrons. The van der Waals surface area contributed by atoms with Gasteiger partial charge in [0.1, 0.15) is 6.61 Å². The van der Waals surface area contributed by atoms with Gasteiger partial charge < -0.3 is 20.8 Å². The molecule has 0 fully saturated rings. The fourth-order valence-corrected chi connectivity index (χ4v) is 1.37. The number of aromatic carboxylic acids is 1. The van der Waals surface area contributed by atoms with Crippen molar-refractivity contribution >= 4 is 17.6 Å². The zero-order chi connectivity index (χ0) is 12.8. The second-order valence-electron chi connectivity index (χ2n) is 3.36. The van der Waals surface area contributed by atoms with E-state index in [1.54, 1.807) is 13.1 Å². The minimum atomic E-state index is -1.03. The standard InChI is InChI=1S/C11H14N2O4/c1-12-9-3-2-7(11(16)17)4-8(9)5-13-10(15)6-14/h2-4,12,14H,5-6H2,1H3,(H,13,15)(H,16,17). The predicted molar refractivity (Wildman–Crippen MR) is 61.9 cm³/mol. The molecule has 0 saturated heterocycles. The van der Waals surface area contributed by atoms with Gasteiger partial charge in [0.25, 0.3) is 0 Å². The molecule has 0 atom stereocenters. The number of carbonyl (C=O) groups is 2. The Morgan fingerprint density at radius 3 is 2.59 bits per heavy atom. The minimum Gasteiger partial charge on any atom is -0.478 e. The molecule has 1 aromatic carbocycles. The van der Waals surface area contributed by atoms with Crippen molar-refractivity contribution in [3.05, 3.63) is 29.3 Å². The average molecular weight is 238 g/mol. The third-order valence-corrected chi connectivity index (χ3v) is 2.24. The van der Waals surface area contributed by atoms with Crippen LogP contribution in [0.3, 0.4) is 0 Å². The molecule has 6 heteroatoms. The monoisotopic (exact) mass is 238 g/mol. The number of carboxylic acid groups (broad SMARTS) is 1. The zero-order valence-corrected chi connectivity index (χ0v) is 9.36. The summed E-state index contributed by atoms with van der Waals surface area (Å²) in [6, 6.07) is 4.58. The number of amides is 1. The first kappa shape index (κ1) is 13.0. The number of hydrogen-bond acceptors (Lipinski definition) is 4. The molecular formula is C11H14N2O4. The molecule has 0 heterocycles. The summed E-state index contributed by atoms with van der Waals surface area (Å²) in [5.41, 5.74) is 1.53. The van der Waals surface area contributed by atoms with Crippen LogP contribution in [0.1, 0.15) is 15.9 Å². The molecule has 1 aromatic rings. The van der Waals surface area contributed by atoms with E-state index in [0.29, 0.717) is 5.56 Å². The maximum atomic E-state index is 10.9. The molecule has 4 N–H and O–H groups in total. The fourth-order valence-electron chi connectivity index (χ4n) is 1.37. The highest BCUT2D eigenvalue weighted by atomic mass is 16.4. The van der Waals surface area contributed by atoms with E-state index in [2.05, 4.69) is 10.6 Å². The van der Waals surface area contributed by atoms with Crippen LogP contribution in [0.4, 0.5) is 5.69 Å². The Hall–Kier alpha value is -2.08. The number of anilines is 1. The number of hydrogen-bond donors (Lipinski definition) is 4. The molecule has 0 aliphatic carbocycles. The van der Waals surface area contributed by atoms with Crippen molar-refractivity contribution < 1.29 is 19.8 Å². The summed E-state index contributed by atoms with van der Waals surface area (Å²) in [6.07, 6.45) is 0. The maximum absolute atomic E-state index is 10.9. The van der Waals surface area contributed by atoms with E-state index in [9.17, 15) is 9.59 Å². The van der Waals surface area contributed by atoms with Crippen LogP contribution < -0.4 is 10.6 Å². The van der Waals surface area contributed by atoms with Gasteiger partial charge in [0, 0.05) is 19.3 Å². The second-order valence-corrected chi connectivity index (χ2v) is 3.36. The summed E-state index contributed by atoms with van der Waals surface area (Å²) in [5.74, 6) is -1.53. The molecule has 0 aromatic heterocycles. The third kappa shape index (κ3) is 3.46. The maximum Gasteiger partial charge on any atom is 0.335 e. The van der Waals surface area contributed by atoms with Gasteiger partial charge in [-0.25, -0.2) is 4.79 Å². The van der Waals surface area contributed by atoms with Crippen molar-refractivity contribution in [1.82, 2.24) is 5.32 Å². The number of carbonyl (C=O) groups excluding carboxylic acids is 1. The Morgan fingerprint density at radius 2 is 2.06 bits per heavy atom. The lowest BCUT2D eigenvalue weighted by molar-refractivity contribution is -0.123. The average Bonchev–Trinajstić information content (AvgIpc) is 2.35. The minimum absolute atomic E-state index is 0.150. The van der Waals surface area contributed by atoms with Crippen molar-refractivity contribution in [2.24, 2.45) is 0 Å². The fraction of sp³-hybridized carbons (Fsp3) is 0.273. The highest BCUT2D eigenvalue weighted by Gasteiger charge is 2.08. The van der Waals surface area contributed by atoms with Crippen LogP contribution >= 0.6 is 0 Å². The van der Waals surface area contributed by atoms with E-state index in [1.807, 2.05) is 0 Å². The van der Waals surface area contributed by atoms with Crippen molar-refractivity contribution in [3.63, 3.8) is 0 Å². The summed E-state index contributed by atoms with van der Waals surface area (Å²) in [6.45, 7) is -0.426. The second kappa shape index (κ2) is 5.86. The first-order chi connectivity index (χ1) is 8.08. The largest absolute Gasteiger partial charge is 0.478 e. The van der Waals surface area contributed by atoms with Crippen molar-refractivity contribution in [2.75, 3.05) is 19.0 Å². The lowest BCUT2D eigenvalue weighted by Crippen LogP contribution is -2.26. The lowest BCUT2D eigenvalue weighted by atomic mass is 10.1. The quantitative estimate of drug-likeness (QED) is 0.580. The molecule has 0 saturated carbocycles. The van der Waals surface area contributed by atoms with Crippen LogP contribution in [0.25, 0.3) is 0 Å². The number of aliphatic hydroxyl groups is 1. The Bertz CT molecular complexity index is 431. The topological polar surface area (TPSA) is 98.7 Å². The van der Waals surface area contributed by atoms with Gasteiger partial charge in [-0.15, -0.1) is 0 Å². The van der Waals surface area contributed by atoms with Gasteiger partial charge in [-0.3, -0.25) is 4.79 Å². The lowest BCUT2D eigenvalue weighted by Gasteiger charge is -2.10. The van der Waals surface area contributed by atoms with Crippen molar-refractivity contribution in [1.29, 1.82) is 0 Å². The first-order valence-corrected chi connectivity index (χ1v) is 5.00. The van der Waals surface area contributed by atoms with E-state index in [1.165, 1.54) is 12.1 Å². The Morgan fingerprint density at radius 1 is 1.35 bits per heavy atom. The Balaban J connectivity index is 2.90. The smallest absolute Gasteiger partial charge is 0.335 e. The van der Waals surface area contributed by atoms with E-state index in [4.69, 9.17) is 10.2 Å². The Kier molecular flexibility index (Phi) is 4.47. The molecule has 0 aliphatic heterocycles. The number of benzene rings is 1. The molecular weight excluding hydrogens is 224 g/mol. The van der Waals surface area contributed by atoms with Gasteiger partial charge >= 0.3 is 5.97 Å². The van der Waals surface area contributed by atoms with Crippen molar-refractivity contribution in [2.45, 2.75) is 6.54 Å². The van der Waals surface area contributed by atoms with Crippen LogP contribution in [0.2, 0.25) is 0 Å². The molecule has 0 unspecified atom stereocenters. The third-order valence-electron chi connectivity index (χ3n) is 2.24. The summed E-state index contributed by atoms with van der Waals surface area (Å²) >= 11 is 0. The summed E-state index contributed by atoms with van der Waals surface area (Å²) in [4.78, 5) is 21.7. The number of carboxylic acids is 1. The highest BCUT2D eigenvalue weighted by molar-refractivity contribution is 5.88. The summed E-state index contributed by atoms with van der Waals surface area (Å²) in [5, 5.41) is 22.8. The summed E-state index contributed by atoms with van der Waals surface area (Å²) < 4.78 is 0. The molecule has 0 aliphatic rings. The first-order valence-electron chi connectivity index (χ1n) is 5.00. The van der Waals surface area contributed by atoms with Crippen molar-refractivity contribution in [3.8, 4) is 0 Å². The molecule has 1 rings (SSSR count). The van der Waals surface area contributed by atoms with E-state index >= 15 is 0 Å². The number of nitrogens with one attached hydrogen (secondary N) is 2. The molecule has 0 spiro atoms. The molecule has 0 bridgehead atoms.